The summed E-state index contributed by atoms with van der Waals surface area (Å²) in [5, 5.41) is 0. The van der Waals surface area contributed by atoms with Crippen LogP contribution in [0.4, 0.5) is 8.78 Å². The fraction of sp³-hybridized carbons (Fsp3) is 0.333. The van der Waals surface area contributed by atoms with Crippen molar-refractivity contribution in [2.45, 2.75) is 30.6 Å². The molecule has 24 heavy (non-hydrogen) atoms. The maximum absolute atomic E-state index is 12.3. The first kappa shape index (κ1) is 20.6. The van der Waals surface area contributed by atoms with Crippen molar-refractivity contribution in [2.75, 3.05) is 13.3 Å². The second-order valence-electron chi connectivity index (χ2n) is 5.53. The second-order valence-corrected chi connectivity index (χ2v) is 8.09. The Labute approximate surface area is 146 Å². The summed E-state index contributed by atoms with van der Waals surface area (Å²) in [5.74, 6) is -0.178. The van der Waals surface area contributed by atoms with Crippen LogP contribution in [0.1, 0.15) is 36.8 Å². The topological polar surface area (TPSA) is 34.1 Å². The highest BCUT2D eigenvalue weighted by Gasteiger charge is 2.10. The molecule has 0 N–H and O–H groups in total. The summed E-state index contributed by atoms with van der Waals surface area (Å²) in [6.07, 6.45) is 0. The minimum atomic E-state index is -3.67. The highest BCUT2D eigenvalue weighted by Crippen LogP contribution is 2.20. The van der Waals surface area contributed by atoms with Gasteiger partial charge in [0.2, 0.25) is 0 Å². The Hall–Kier alpha value is -1.46. The Morgan fingerprint density at radius 2 is 1.25 bits per heavy atom. The van der Waals surface area contributed by atoms with Crippen LogP contribution in [0.5, 0.6) is 0 Å². The molecule has 0 fully saturated rings. The first-order chi connectivity index (χ1) is 11.3. The van der Waals surface area contributed by atoms with Gasteiger partial charge in [0.05, 0.1) is 18.2 Å². The van der Waals surface area contributed by atoms with Crippen molar-refractivity contribution in [1.29, 1.82) is 0 Å². The lowest BCUT2D eigenvalue weighted by atomic mass is 10.0. The predicted octanol–water partition coefficient (Wildman–Crippen LogP) is 5.45. The van der Waals surface area contributed by atoms with Crippen molar-refractivity contribution in [3.05, 3.63) is 65.7 Å². The number of benzene rings is 2. The molecule has 0 saturated carbocycles. The van der Waals surface area contributed by atoms with E-state index in [0.717, 1.165) is 11.1 Å². The zero-order chi connectivity index (χ0) is 18.2. The molecule has 0 aromatic heterocycles. The molecule has 2 aromatic carbocycles. The van der Waals surface area contributed by atoms with Crippen LogP contribution in [0.3, 0.4) is 0 Å². The van der Waals surface area contributed by atoms with E-state index >= 15 is 0 Å². The fourth-order valence-electron chi connectivity index (χ4n) is 1.92. The standard InChI is InChI=1S/C9H10ClFO2S.C9H11F/c1-7(6-11)8-2-4-9(5-3-8)14(10,12)13;1-8(7-10)9-5-3-2-4-6-9/h2-5,7H,6H2,1H3;2-6,8H,7H2,1H3/t7-;8-/m11/s1. The van der Waals surface area contributed by atoms with E-state index in [0.29, 0.717) is 0 Å². The molecule has 2 atom stereocenters. The first-order valence-electron chi connectivity index (χ1n) is 7.51. The Kier molecular flexibility index (Phi) is 8.36. The van der Waals surface area contributed by atoms with Gasteiger partial charge >= 0.3 is 0 Å². The minimum absolute atomic E-state index is 0.0361. The smallest absolute Gasteiger partial charge is 0.250 e. The zero-order valence-electron chi connectivity index (χ0n) is 13.6. The summed E-state index contributed by atoms with van der Waals surface area (Å²) < 4.78 is 46.1. The minimum Gasteiger partial charge on any atom is -0.250 e. The van der Waals surface area contributed by atoms with Gasteiger partial charge in [0, 0.05) is 22.5 Å². The summed E-state index contributed by atoms with van der Waals surface area (Å²) >= 11 is 0. The molecule has 132 valence electrons. The van der Waals surface area contributed by atoms with Gasteiger partial charge in [-0.15, -0.1) is 0 Å². The molecular weight excluding hydrogens is 354 g/mol. The summed E-state index contributed by atoms with van der Waals surface area (Å²) in [4.78, 5) is 0.0361. The van der Waals surface area contributed by atoms with Crippen LogP contribution >= 0.6 is 10.7 Å². The quantitative estimate of drug-likeness (QED) is 0.652. The van der Waals surface area contributed by atoms with E-state index in [1.165, 1.54) is 12.1 Å². The monoisotopic (exact) mass is 374 g/mol. The van der Waals surface area contributed by atoms with Crippen molar-refractivity contribution >= 4 is 19.7 Å². The van der Waals surface area contributed by atoms with E-state index in [1.807, 2.05) is 37.3 Å². The number of rotatable bonds is 5. The van der Waals surface area contributed by atoms with Gasteiger partial charge in [-0.05, 0) is 23.3 Å². The maximum atomic E-state index is 12.3. The molecule has 0 radical (unpaired) electrons. The van der Waals surface area contributed by atoms with E-state index < -0.39 is 15.7 Å². The van der Waals surface area contributed by atoms with E-state index in [1.54, 1.807) is 19.1 Å². The highest BCUT2D eigenvalue weighted by atomic mass is 35.7. The van der Waals surface area contributed by atoms with E-state index in [2.05, 4.69) is 0 Å². The lowest BCUT2D eigenvalue weighted by Gasteiger charge is -2.06. The fourth-order valence-corrected chi connectivity index (χ4v) is 2.69. The average molecular weight is 375 g/mol. The van der Waals surface area contributed by atoms with Crippen molar-refractivity contribution in [1.82, 2.24) is 0 Å². The molecule has 2 nitrogen and oxygen atoms in total. The highest BCUT2D eigenvalue weighted by molar-refractivity contribution is 8.13. The molecule has 0 unspecified atom stereocenters. The third-order valence-corrected chi connectivity index (χ3v) is 4.93. The van der Waals surface area contributed by atoms with E-state index in [4.69, 9.17) is 10.7 Å². The predicted molar refractivity (Wildman–Crippen MR) is 94.7 cm³/mol. The van der Waals surface area contributed by atoms with Crippen LogP contribution in [0.25, 0.3) is 0 Å². The van der Waals surface area contributed by atoms with Crippen LogP contribution in [-0.4, -0.2) is 21.8 Å². The summed E-state index contributed by atoms with van der Waals surface area (Å²) in [5.41, 5.74) is 1.83. The Morgan fingerprint density at radius 3 is 1.62 bits per heavy atom. The van der Waals surface area contributed by atoms with Crippen LogP contribution in [0.2, 0.25) is 0 Å². The van der Waals surface area contributed by atoms with Crippen molar-refractivity contribution < 1.29 is 17.2 Å². The first-order valence-corrected chi connectivity index (χ1v) is 9.82. The Bertz CT molecular complexity index is 704. The number of hydrogen-bond donors (Lipinski definition) is 0. The van der Waals surface area contributed by atoms with Crippen molar-refractivity contribution in [3.8, 4) is 0 Å². The molecule has 0 heterocycles. The molecule has 0 saturated heterocycles. The second kappa shape index (κ2) is 9.74. The Morgan fingerprint density at radius 1 is 0.833 bits per heavy atom. The molecule has 0 aliphatic rings. The zero-order valence-corrected chi connectivity index (χ0v) is 15.2. The van der Waals surface area contributed by atoms with E-state index in [-0.39, 0.29) is 23.4 Å². The van der Waals surface area contributed by atoms with Crippen molar-refractivity contribution in [3.63, 3.8) is 0 Å². The third-order valence-electron chi connectivity index (χ3n) is 3.56. The van der Waals surface area contributed by atoms with Crippen LogP contribution in [0, 0.1) is 0 Å². The van der Waals surface area contributed by atoms with Gasteiger partial charge in [0.15, 0.2) is 0 Å². The molecule has 0 aliphatic carbocycles. The molecular formula is C18H21ClF2O2S. The van der Waals surface area contributed by atoms with Crippen LogP contribution in [0.15, 0.2) is 59.5 Å². The van der Waals surface area contributed by atoms with Crippen molar-refractivity contribution in [2.24, 2.45) is 0 Å². The van der Waals surface area contributed by atoms with Gasteiger partial charge in [0.25, 0.3) is 9.05 Å². The molecule has 0 bridgehead atoms. The third kappa shape index (κ3) is 6.57. The summed E-state index contributed by atoms with van der Waals surface area (Å²) in [6, 6.07) is 15.6. The number of hydrogen-bond acceptors (Lipinski definition) is 2. The summed E-state index contributed by atoms with van der Waals surface area (Å²) in [7, 11) is 1.45. The number of alkyl halides is 2. The van der Waals surface area contributed by atoms with Gasteiger partial charge < -0.3 is 0 Å². The molecule has 0 spiro atoms. The molecule has 2 rings (SSSR count). The lowest BCUT2D eigenvalue weighted by Crippen LogP contribution is -1.96. The molecule has 0 amide bonds. The van der Waals surface area contributed by atoms with E-state index in [9.17, 15) is 17.2 Å². The lowest BCUT2D eigenvalue weighted by molar-refractivity contribution is 0.447. The summed E-state index contributed by atoms with van der Waals surface area (Å²) in [6.45, 7) is 2.87. The molecule has 6 heteroatoms. The maximum Gasteiger partial charge on any atom is 0.261 e. The van der Waals surface area contributed by atoms with Gasteiger partial charge in [-0.1, -0.05) is 56.3 Å². The molecule has 2 aromatic rings. The SMILES string of the molecule is C[C@H](CF)c1ccc(S(=O)(=O)Cl)cc1.C[C@H](CF)c1ccccc1. The van der Waals surface area contributed by atoms with Crippen LogP contribution in [-0.2, 0) is 9.05 Å². The van der Waals surface area contributed by atoms with Gasteiger partial charge in [-0.2, -0.15) is 0 Å². The average Bonchev–Trinajstić information content (AvgIpc) is 2.61. The normalized spacial score (nSPS) is 13.5. The van der Waals surface area contributed by atoms with Crippen LogP contribution < -0.4 is 0 Å². The van der Waals surface area contributed by atoms with Gasteiger partial charge in [0.1, 0.15) is 0 Å². The largest absolute Gasteiger partial charge is 0.261 e. The van der Waals surface area contributed by atoms with Gasteiger partial charge in [-0.3, -0.25) is 8.78 Å². The van der Waals surface area contributed by atoms with Gasteiger partial charge in [-0.25, -0.2) is 8.42 Å². The number of halogens is 3. The molecule has 0 aliphatic heterocycles. The Balaban J connectivity index is 0.000000254.